The second kappa shape index (κ2) is 5.10. The van der Waals surface area contributed by atoms with Crippen LogP contribution in [0.2, 0.25) is 0 Å². The fourth-order valence-electron chi connectivity index (χ4n) is 2.43. The standard InChI is InChI=1S/C13H23N5/c1-9-7-18(8-10(2)17(9)5)13-6-12(14-4)15-11(3)16-13/h6,9-10H,7-8H2,1-5H3,(H,14,15,16). The minimum absolute atomic E-state index is 0.544. The highest BCUT2D eigenvalue weighted by molar-refractivity contribution is 5.49. The van der Waals surface area contributed by atoms with E-state index < -0.39 is 0 Å². The molecule has 0 aliphatic carbocycles. The van der Waals surface area contributed by atoms with E-state index in [2.05, 4.69) is 46.0 Å². The van der Waals surface area contributed by atoms with E-state index in [4.69, 9.17) is 0 Å². The lowest BCUT2D eigenvalue weighted by atomic mass is 10.1. The molecule has 0 spiro atoms. The summed E-state index contributed by atoms with van der Waals surface area (Å²) in [4.78, 5) is 13.7. The summed E-state index contributed by atoms with van der Waals surface area (Å²) in [6, 6.07) is 3.11. The molecule has 1 aliphatic heterocycles. The summed E-state index contributed by atoms with van der Waals surface area (Å²) >= 11 is 0. The quantitative estimate of drug-likeness (QED) is 0.857. The highest BCUT2D eigenvalue weighted by Gasteiger charge is 2.27. The van der Waals surface area contributed by atoms with Crippen LogP contribution in [-0.4, -0.2) is 54.1 Å². The molecule has 2 atom stereocenters. The Morgan fingerprint density at radius 1 is 1.22 bits per heavy atom. The molecular formula is C13H23N5. The lowest BCUT2D eigenvalue weighted by Crippen LogP contribution is -2.55. The van der Waals surface area contributed by atoms with Crippen LogP contribution in [-0.2, 0) is 0 Å². The Bertz CT molecular complexity index is 408. The Hall–Kier alpha value is -1.36. The third-order valence-electron chi connectivity index (χ3n) is 3.76. The zero-order valence-corrected chi connectivity index (χ0v) is 11.9. The number of piperazine rings is 1. The summed E-state index contributed by atoms with van der Waals surface area (Å²) in [7, 11) is 4.08. The number of aromatic nitrogens is 2. The average Bonchev–Trinajstić information content (AvgIpc) is 2.34. The van der Waals surface area contributed by atoms with Crippen molar-refractivity contribution in [1.29, 1.82) is 0 Å². The minimum atomic E-state index is 0.544. The number of likely N-dealkylation sites (N-methyl/N-ethyl adjacent to an activating group) is 1. The summed E-state index contributed by atoms with van der Waals surface area (Å²) in [6.45, 7) is 8.49. The van der Waals surface area contributed by atoms with Gasteiger partial charge < -0.3 is 10.2 Å². The molecule has 1 fully saturated rings. The Morgan fingerprint density at radius 3 is 2.39 bits per heavy atom. The lowest BCUT2D eigenvalue weighted by molar-refractivity contribution is 0.169. The van der Waals surface area contributed by atoms with Crippen LogP contribution in [0.1, 0.15) is 19.7 Å². The van der Waals surface area contributed by atoms with Crippen molar-refractivity contribution in [1.82, 2.24) is 14.9 Å². The van der Waals surface area contributed by atoms with Crippen molar-refractivity contribution in [3.8, 4) is 0 Å². The first-order chi connectivity index (χ1) is 8.51. The monoisotopic (exact) mass is 249 g/mol. The molecule has 0 aromatic carbocycles. The molecule has 2 unspecified atom stereocenters. The Labute approximate surface area is 109 Å². The second-order valence-corrected chi connectivity index (χ2v) is 5.18. The van der Waals surface area contributed by atoms with Gasteiger partial charge in [0.2, 0.25) is 0 Å². The van der Waals surface area contributed by atoms with Gasteiger partial charge in [0.25, 0.3) is 0 Å². The summed E-state index contributed by atoms with van der Waals surface area (Å²) in [5.41, 5.74) is 0. The minimum Gasteiger partial charge on any atom is -0.373 e. The Kier molecular flexibility index (Phi) is 3.71. The van der Waals surface area contributed by atoms with Gasteiger partial charge in [-0.2, -0.15) is 0 Å². The third-order valence-corrected chi connectivity index (χ3v) is 3.76. The molecule has 0 bridgehead atoms. The number of anilines is 2. The molecule has 1 aromatic rings. The molecule has 2 rings (SSSR count). The first-order valence-electron chi connectivity index (χ1n) is 6.51. The molecule has 5 nitrogen and oxygen atoms in total. The molecule has 18 heavy (non-hydrogen) atoms. The predicted molar refractivity (Wildman–Crippen MR) is 75.2 cm³/mol. The second-order valence-electron chi connectivity index (χ2n) is 5.18. The van der Waals surface area contributed by atoms with Crippen LogP contribution in [0.4, 0.5) is 11.6 Å². The van der Waals surface area contributed by atoms with Crippen molar-refractivity contribution >= 4 is 11.6 Å². The average molecular weight is 249 g/mol. The van der Waals surface area contributed by atoms with Gasteiger partial charge in [-0.1, -0.05) is 0 Å². The highest BCUT2D eigenvalue weighted by atomic mass is 15.3. The zero-order chi connectivity index (χ0) is 13.3. The maximum absolute atomic E-state index is 4.56. The van der Waals surface area contributed by atoms with Gasteiger partial charge in [-0.15, -0.1) is 0 Å². The molecule has 0 radical (unpaired) electrons. The summed E-state index contributed by atoms with van der Waals surface area (Å²) in [5, 5.41) is 3.09. The summed E-state index contributed by atoms with van der Waals surface area (Å²) in [6.07, 6.45) is 0. The zero-order valence-electron chi connectivity index (χ0n) is 11.9. The fraction of sp³-hybridized carbons (Fsp3) is 0.692. The van der Waals surface area contributed by atoms with E-state index in [0.717, 1.165) is 30.5 Å². The number of nitrogens with zero attached hydrogens (tertiary/aromatic N) is 4. The number of rotatable bonds is 2. The van der Waals surface area contributed by atoms with Crippen molar-refractivity contribution < 1.29 is 0 Å². The van der Waals surface area contributed by atoms with E-state index >= 15 is 0 Å². The molecule has 100 valence electrons. The highest BCUT2D eigenvalue weighted by Crippen LogP contribution is 2.21. The van der Waals surface area contributed by atoms with Crippen LogP contribution in [0, 0.1) is 6.92 Å². The first-order valence-corrected chi connectivity index (χ1v) is 6.51. The van der Waals surface area contributed by atoms with Crippen molar-refractivity contribution in [3.63, 3.8) is 0 Å². The van der Waals surface area contributed by atoms with E-state index in [-0.39, 0.29) is 0 Å². The Morgan fingerprint density at radius 2 is 1.83 bits per heavy atom. The summed E-state index contributed by atoms with van der Waals surface area (Å²) < 4.78 is 0. The van der Waals surface area contributed by atoms with E-state index in [9.17, 15) is 0 Å². The van der Waals surface area contributed by atoms with Crippen LogP contribution in [0.25, 0.3) is 0 Å². The normalized spacial score (nSPS) is 25.3. The smallest absolute Gasteiger partial charge is 0.134 e. The van der Waals surface area contributed by atoms with E-state index in [1.54, 1.807) is 0 Å². The molecule has 0 saturated carbocycles. The first kappa shape index (κ1) is 13.1. The SMILES string of the molecule is CNc1cc(N2CC(C)N(C)C(C)C2)nc(C)n1. The van der Waals surface area contributed by atoms with Crippen molar-refractivity contribution in [2.45, 2.75) is 32.9 Å². The van der Waals surface area contributed by atoms with Crippen LogP contribution in [0.15, 0.2) is 6.07 Å². The molecule has 1 aliphatic rings. The number of hydrogen-bond donors (Lipinski definition) is 1. The fourth-order valence-corrected chi connectivity index (χ4v) is 2.43. The van der Waals surface area contributed by atoms with E-state index in [1.807, 2.05) is 20.0 Å². The summed E-state index contributed by atoms with van der Waals surface area (Å²) in [5.74, 6) is 2.73. The van der Waals surface area contributed by atoms with Crippen molar-refractivity contribution in [2.24, 2.45) is 0 Å². The van der Waals surface area contributed by atoms with Crippen LogP contribution < -0.4 is 10.2 Å². The number of aryl methyl sites for hydroxylation is 1. The lowest BCUT2D eigenvalue weighted by Gasteiger charge is -2.43. The van der Waals surface area contributed by atoms with Gasteiger partial charge in [0, 0.05) is 38.3 Å². The number of hydrogen-bond acceptors (Lipinski definition) is 5. The van der Waals surface area contributed by atoms with E-state index in [0.29, 0.717) is 12.1 Å². The van der Waals surface area contributed by atoms with Gasteiger partial charge in [0.05, 0.1) is 0 Å². The molecular weight excluding hydrogens is 226 g/mol. The predicted octanol–water partition coefficient (Wildman–Crippen LogP) is 1.36. The van der Waals surface area contributed by atoms with Gasteiger partial charge in [0.15, 0.2) is 0 Å². The topological polar surface area (TPSA) is 44.3 Å². The van der Waals surface area contributed by atoms with Crippen LogP contribution in [0.3, 0.4) is 0 Å². The molecule has 1 saturated heterocycles. The molecule has 1 aromatic heterocycles. The molecule has 1 N–H and O–H groups in total. The van der Waals surface area contributed by atoms with Gasteiger partial charge >= 0.3 is 0 Å². The Balaban J connectivity index is 2.23. The number of nitrogens with one attached hydrogen (secondary N) is 1. The van der Waals surface area contributed by atoms with Gasteiger partial charge in [-0.25, -0.2) is 9.97 Å². The van der Waals surface area contributed by atoms with E-state index in [1.165, 1.54) is 0 Å². The van der Waals surface area contributed by atoms with Crippen molar-refractivity contribution in [2.75, 3.05) is 37.4 Å². The van der Waals surface area contributed by atoms with Gasteiger partial charge in [-0.3, -0.25) is 4.90 Å². The molecule has 2 heterocycles. The molecule has 5 heteroatoms. The van der Waals surface area contributed by atoms with Gasteiger partial charge in [-0.05, 0) is 27.8 Å². The largest absolute Gasteiger partial charge is 0.373 e. The third kappa shape index (κ3) is 2.56. The maximum Gasteiger partial charge on any atom is 0.134 e. The van der Waals surface area contributed by atoms with Gasteiger partial charge in [0.1, 0.15) is 17.5 Å². The van der Waals surface area contributed by atoms with Crippen molar-refractivity contribution in [3.05, 3.63) is 11.9 Å². The molecule has 0 amide bonds. The van der Waals surface area contributed by atoms with Crippen LogP contribution >= 0.6 is 0 Å². The van der Waals surface area contributed by atoms with Crippen LogP contribution in [0.5, 0.6) is 0 Å². The maximum atomic E-state index is 4.56.